The summed E-state index contributed by atoms with van der Waals surface area (Å²) in [7, 11) is 0. The van der Waals surface area contributed by atoms with Crippen LogP contribution in [0.4, 0.5) is 0 Å². The number of fused-ring (bicyclic) bond motifs is 1. The van der Waals surface area contributed by atoms with Crippen LogP contribution >= 0.6 is 0 Å². The van der Waals surface area contributed by atoms with E-state index in [0.717, 1.165) is 22.7 Å². The third-order valence-electron chi connectivity index (χ3n) is 2.52. The minimum atomic E-state index is 0.848. The summed E-state index contributed by atoms with van der Waals surface area (Å²) in [5.41, 5.74) is 2.05. The minimum Gasteiger partial charge on any atom is -0.280 e. The maximum Gasteiger partial charge on any atom is 0.141 e. The zero-order valence-corrected chi connectivity index (χ0v) is 8.83. The molecule has 0 fully saturated rings. The van der Waals surface area contributed by atoms with Gasteiger partial charge in [0.2, 0.25) is 0 Å². The first kappa shape index (κ1) is 9.03. The fourth-order valence-corrected chi connectivity index (χ4v) is 1.85. The third kappa shape index (κ3) is 1.27. The first-order valence-corrected chi connectivity index (χ1v) is 5.07. The highest BCUT2D eigenvalue weighted by molar-refractivity contribution is 5.77. The van der Waals surface area contributed by atoms with Crippen molar-refractivity contribution in [3.05, 3.63) is 48.7 Å². The molecule has 0 radical (unpaired) electrons. The van der Waals surface area contributed by atoms with Gasteiger partial charge in [0, 0.05) is 6.20 Å². The number of benzene rings is 1. The van der Waals surface area contributed by atoms with Crippen molar-refractivity contribution < 1.29 is 0 Å². The van der Waals surface area contributed by atoms with Crippen LogP contribution in [0, 0.1) is 6.92 Å². The van der Waals surface area contributed by atoms with Crippen molar-refractivity contribution in [2.75, 3.05) is 0 Å². The zero-order valence-electron chi connectivity index (χ0n) is 8.83. The summed E-state index contributed by atoms with van der Waals surface area (Å²) in [6, 6.07) is 9.90. The Labute approximate surface area is 92.6 Å². The second-order valence-corrected chi connectivity index (χ2v) is 3.55. The van der Waals surface area contributed by atoms with Crippen LogP contribution < -0.4 is 0 Å². The molecule has 2 heterocycles. The molecule has 0 aliphatic rings. The third-order valence-corrected chi connectivity index (χ3v) is 2.52. The van der Waals surface area contributed by atoms with Crippen LogP contribution in [0.3, 0.4) is 0 Å². The fraction of sp³-hybridized carbons (Fsp3) is 0.0833. The highest BCUT2D eigenvalue weighted by Gasteiger charge is 2.08. The lowest BCUT2D eigenvalue weighted by Crippen LogP contribution is -1.99. The molecule has 0 spiro atoms. The lowest BCUT2D eigenvalue weighted by Gasteiger charge is -2.04. The van der Waals surface area contributed by atoms with E-state index in [1.54, 1.807) is 12.5 Å². The summed E-state index contributed by atoms with van der Waals surface area (Å²) >= 11 is 0. The lowest BCUT2D eigenvalue weighted by molar-refractivity contribution is 0.942. The van der Waals surface area contributed by atoms with Crippen LogP contribution in [-0.2, 0) is 0 Å². The molecule has 0 bridgehead atoms. The smallest absolute Gasteiger partial charge is 0.141 e. The number of hydrogen-bond donors (Lipinski definition) is 0. The van der Waals surface area contributed by atoms with E-state index < -0.39 is 0 Å². The molecule has 0 atom stereocenters. The summed E-state index contributed by atoms with van der Waals surface area (Å²) in [5.74, 6) is 1.78. The van der Waals surface area contributed by atoms with Gasteiger partial charge in [0.05, 0.1) is 11.0 Å². The van der Waals surface area contributed by atoms with Gasteiger partial charge in [0.15, 0.2) is 0 Å². The standard InChI is InChI=1S/C12H10N4/c1-9-15-10-4-2-3-5-11(10)16(9)12-6-7-13-8-14-12/h2-8H,1H3. The first-order valence-electron chi connectivity index (χ1n) is 5.07. The van der Waals surface area contributed by atoms with E-state index in [1.165, 1.54) is 0 Å². The second-order valence-electron chi connectivity index (χ2n) is 3.55. The molecule has 78 valence electrons. The molecule has 4 heteroatoms. The predicted octanol–water partition coefficient (Wildman–Crippen LogP) is 2.12. The number of aryl methyl sites for hydroxylation is 1. The molecule has 16 heavy (non-hydrogen) atoms. The van der Waals surface area contributed by atoms with Crippen molar-refractivity contribution in [1.82, 2.24) is 19.5 Å². The van der Waals surface area contributed by atoms with E-state index in [4.69, 9.17) is 0 Å². The molecule has 0 saturated carbocycles. The van der Waals surface area contributed by atoms with Crippen molar-refractivity contribution in [2.45, 2.75) is 6.92 Å². The molecule has 0 saturated heterocycles. The van der Waals surface area contributed by atoms with E-state index in [0.29, 0.717) is 0 Å². The van der Waals surface area contributed by atoms with E-state index in [1.807, 2.05) is 41.8 Å². The van der Waals surface area contributed by atoms with Crippen molar-refractivity contribution in [2.24, 2.45) is 0 Å². The van der Waals surface area contributed by atoms with Gasteiger partial charge in [0.25, 0.3) is 0 Å². The van der Waals surface area contributed by atoms with Crippen LogP contribution in [0.1, 0.15) is 5.82 Å². The molecular weight excluding hydrogens is 200 g/mol. The average Bonchev–Trinajstić information content (AvgIpc) is 2.66. The number of rotatable bonds is 1. The Bertz CT molecular complexity index is 628. The monoisotopic (exact) mass is 210 g/mol. The van der Waals surface area contributed by atoms with Gasteiger partial charge >= 0.3 is 0 Å². The molecule has 1 aromatic carbocycles. The van der Waals surface area contributed by atoms with Crippen LogP contribution in [-0.4, -0.2) is 19.5 Å². The molecule has 0 amide bonds. The van der Waals surface area contributed by atoms with Gasteiger partial charge in [-0.15, -0.1) is 0 Å². The van der Waals surface area contributed by atoms with Crippen molar-refractivity contribution in [1.29, 1.82) is 0 Å². The van der Waals surface area contributed by atoms with E-state index in [2.05, 4.69) is 15.0 Å². The SMILES string of the molecule is Cc1nc2ccccc2n1-c1ccncn1. The molecule has 2 aromatic heterocycles. The molecule has 3 rings (SSSR count). The molecule has 0 N–H and O–H groups in total. The molecule has 0 aliphatic carbocycles. The van der Waals surface area contributed by atoms with Gasteiger partial charge in [-0.1, -0.05) is 12.1 Å². The van der Waals surface area contributed by atoms with E-state index in [-0.39, 0.29) is 0 Å². The number of aromatic nitrogens is 4. The Hall–Kier alpha value is -2.23. The maximum atomic E-state index is 4.49. The summed E-state index contributed by atoms with van der Waals surface area (Å²) in [6.07, 6.45) is 3.28. The van der Waals surface area contributed by atoms with E-state index in [9.17, 15) is 0 Å². The van der Waals surface area contributed by atoms with Crippen LogP contribution in [0.5, 0.6) is 0 Å². The molecule has 3 aromatic rings. The summed E-state index contributed by atoms with van der Waals surface area (Å²) in [6.45, 7) is 1.97. The van der Waals surface area contributed by atoms with Crippen LogP contribution in [0.15, 0.2) is 42.9 Å². The Morgan fingerprint density at radius 2 is 2.00 bits per heavy atom. The number of para-hydroxylation sites is 2. The highest BCUT2D eigenvalue weighted by atomic mass is 15.1. The first-order chi connectivity index (χ1) is 7.86. The molecule has 0 unspecified atom stereocenters. The van der Waals surface area contributed by atoms with E-state index >= 15 is 0 Å². The van der Waals surface area contributed by atoms with Crippen molar-refractivity contribution >= 4 is 11.0 Å². The Morgan fingerprint density at radius 3 is 2.81 bits per heavy atom. The fourth-order valence-electron chi connectivity index (χ4n) is 1.85. The maximum absolute atomic E-state index is 4.49. The van der Waals surface area contributed by atoms with Crippen LogP contribution in [0.2, 0.25) is 0 Å². The number of imidazole rings is 1. The van der Waals surface area contributed by atoms with Gasteiger partial charge < -0.3 is 0 Å². The molecule has 0 aliphatic heterocycles. The van der Waals surface area contributed by atoms with Gasteiger partial charge in [-0.3, -0.25) is 4.57 Å². The second kappa shape index (κ2) is 3.41. The van der Waals surface area contributed by atoms with Crippen molar-refractivity contribution in [3.8, 4) is 5.82 Å². The van der Waals surface area contributed by atoms with Crippen LogP contribution in [0.25, 0.3) is 16.9 Å². The van der Waals surface area contributed by atoms with Gasteiger partial charge in [-0.25, -0.2) is 15.0 Å². The highest BCUT2D eigenvalue weighted by Crippen LogP contribution is 2.18. The summed E-state index contributed by atoms with van der Waals surface area (Å²) < 4.78 is 2.02. The van der Waals surface area contributed by atoms with Gasteiger partial charge in [-0.2, -0.15) is 0 Å². The quantitative estimate of drug-likeness (QED) is 0.618. The molecular formula is C12H10N4. The summed E-state index contributed by atoms with van der Waals surface area (Å²) in [5, 5.41) is 0. The zero-order chi connectivity index (χ0) is 11.0. The average molecular weight is 210 g/mol. The van der Waals surface area contributed by atoms with Crippen molar-refractivity contribution in [3.63, 3.8) is 0 Å². The number of hydrogen-bond acceptors (Lipinski definition) is 3. The largest absolute Gasteiger partial charge is 0.280 e. The Kier molecular flexibility index (Phi) is 1.93. The Morgan fingerprint density at radius 1 is 1.12 bits per heavy atom. The van der Waals surface area contributed by atoms with Gasteiger partial charge in [0.1, 0.15) is 18.0 Å². The minimum absolute atomic E-state index is 0.848. The molecule has 4 nitrogen and oxygen atoms in total. The normalized spacial score (nSPS) is 10.8. The number of nitrogens with zero attached hydrogens (tertiary/aromatic N) is 4. The topological polar surface area (TPSA) is 43.6 Å². The lowest BCUT2D eigenvalue weighted by atomic mass is 10.3. The van der Waals surface area contributed by atoms with Gasteiger partial charge in [-0.05, 0) is 25.1 Å². The predicted molar refractivity (Wildman–Crippen MR) is 61.4 cm³/mol. The summed E-state index contributed by atoms with van der Waals surface area (Å²) in [4.78, 5) is 12.7. The Balaban J connectivity index is 2.35.